The molecule has 4 nitrogen and oxygen atoms in total. The van der Waals surface area contributed by atoms with Crippen molar-refractivity contribution in [1.29, 1.82) is 0 Å². The Morgan fingerprint density at radius 1 is 1.67 bits per heavy atom. The van der Waals surface area contributed by atoms with Gasteiger partial charge < -0.3 is 9.64 Å². The Balaban J connectivity index is 2.18. The van der Waals surface area contributed by atoms with Gasteiger partial charge in [-0.1, -0.05) is 13.0 Å². The van der Waals surface area contributed by atoms with Crippen LogP contribution in [0.15, 0.2) is 24.4 Å². The summed E-state index contributed by atoms with van der Waals surface area (Å²) in [5, 5.41) is 0. The number of aldehydes is 1. The van der Waals surface area contributed by atoms with Gasteiger partial charge in [-0.05, 0) is 18.6 Å². The number of anilines is 1. The van der Waals surface area contributed by atoms with Crippen LogP contribution in [0.25, 0.3) is 0 Å². The molecule has 4 heteroatoms. The summed E-state index contributed by atoms with van der Waals surface area (Å²) in [5.41, 5.74) is 0. The fraction of sp³-hybridized carbons (Fsp3) is 0.455. The van der Waals surface area contributed by atoms with Crippen molar-refractivity contribution in [1.82, 2.24) is 4.98 Å². The quantitative estimate of drug-likeness (QED) is 0.697. The van der Waals surface area contributed by atoms with Crippen LogP contribution in [0.4, 0.5) is 5.82 Å². The van der Waals surface area contributed by atoms with Crippen LogP contribution in [0.5, 0.6) is 0 Å². The molecule has 2 rings (SSSR count). The van der Waals surface area contributed by atoms with Gasteiger partial charge in [0.15, 0.2) is 12.5 Å². The third-order valence-electron chi connectivity index (χ3n) is 2.55. The minimum Gasteiger partial charge on any atom is -0.346 e. The highest BCUT2D eigenvalue weighted by Crippen LogP contribution is 2.22. The molecule has 1 saturated heterocycles. The number of aromatic nitrogens is 1. The maximum Gasteiger partial charge on any atom is 0.188 e. The molecule has 1 aliphatic heterocycles. The Kier molecular flexibility index (Phi) is 2.97. The summed E-state index contributed by atoms with van der Waals surface area (Å²) in [6.45, 7) is 2.78. The highest BCUT2D eigenvalue weighted by Gasteiger charge is 2.32. The molecule has 1 fully saturated rings. The maximum atomic E-state index is 10.9. The van der Waals surface area contributed by atoms with Crippen molar-refractivity contribution >= 4 is 12.1 Å². The Hall–Kier alpha value is -1.42. The highest BCUT2D eigenvalue weighted by molar-refractivity contribution is 5.63. The van der Waals surface area contributed by atoms with E-state index in [0.717, 1.165) is 25.1 Å². The van der Waals surface area contributed by atoms with Crippen LogP contribution in [-0.2, 0) is 9.53 Å². The van der Waals surface area contributed by atoms with Gasteiger partial charge >= 0.3 is 0 Å². The van der Waals surface area contributed by atoms with E-state index in [2.05, 4.69) is 11.9 Å². The molecule has 0 saturated carbocycles. The van der Waals surface area contributed by atoms with E-state index in [1.807, 2.05) is 23.1 Å². The lowest BCUT2D eigenvalue weighted by Crippen LogP contribution is -2.31. The average molecular weight is 206 g/mol. The average Bonchev–Trinajstić information content (AvgIpc) is 2.73. The second-order valence-electron chi connectivity index (χ2n) is 3.53. The lowest BCUT2D eigenvalue weighted by Gasteiger charge is -2.18. The molecule has 0 aromatic carbocycles. The Morgan fingerprint density at radius 3 is 3.13 bits per heavy atom. The first-order chi connectivity index (χ1) is 7.35. The minimum atomic E-state index is -0.482. The largest absolute Gasteiger partial charge is 0.346 e. The van der Waals surface area contributed by atoms with Gasteiger partial charge in [-0.3, -0.25) is 4.79 Å². The molecule has 0 N–H and O–H groups in total. The molecular formula is C11H14N2O2. The predicted molar refractivity (Wildman–Crippen MR) is 56.6 cm³/mol. The van der Waals surface area contributed by atoms with Crippen molar-refractivity contribution in [3.8, 4) is 0 Å². The number of nitrogens with zero attached hydrogens (tertiary/aromatic N) is 2. The van der Waals surface area contributed by atoms with Crippen molar-refractivity contribution in [2.24, 2.45) is 0 Å². The fourth-order valence-electron chi connectivity index (χ4n) is 1.72. The second-order valence-corrected chi connectivity index (χ2v) is 3.53. The van der Waals surface area contributed by atoms with E-state index >= 15 is 0 Å². The number of hydrogen-bond acceptors (Lipinski definition) is 4. The summed E-state index contributed by atoms with van der Waals surface area (Å²) >= 11 is 0. The van der Waals surface area contributed by atoms with Crippen LogP contribution in [0, 0.1) is 0 Å². The summed E-state index contributed by atoms with van der Waals surface area (Å²) in [4.78, 5) is 17.0. The summed E-state index contributed by atoms with van der Waals surface area (Å²) in [5.74, 6) is 0.797. The summed E-state index contributed by atoms with van der Waals surface area (Å²) < 4.78 is 5.54. The summed E-state index contributed by atoms with van der Waals surface area (Å²) in [6.07, 6.45) is 3.10. The smallest absolute Gasteiger partial charge is 0.188 e. The predicted octanol–water partition coefficient (Wildman–Crippen LogP) is 1.22. The van der Waals surface area contributed by atoms with Crippen LogP contribution in [0.3, 0.4) is 0 Å². The molecule has 2 atom stereocenters. The van der Waals surface area contributed by atoms with Gasteiger partial charge in [0.1, 0.15) is 5.82 Å². The van der Waals surface area contributed by atoms with E-state index in [9.17, 15) is 4.79 Å². The van der Waals surface area contributed by atoms with Crippen molar-refractivity contribution < 1.29 is 9.53 Å². The first kappa shape index (κ1) is 10.1. The molecular weight excluding hydrogens is 192 g/mol. The number of rotatable bonds is 3. The van der Waals surface area contributed by atoms with Gasteiger partial charge in [0.2, 0.25) is 0 Å². The fourth-order valence-corrected chi connectivity index (χ4v) is 1.72. The van der Waals surface area contributed by atoms with Crippen LogP contribution in [0.1, 0.15) is 13.3 Å². The van der Waals surface area contributed by atoms with Crippen LogP contribution < -0.4 is 4.90 Å². The third kappa shape index (κ3) is 1.99. The third-order valence-corrected chi connectivity index (χ3v) is 2.55. The van der Waals surface area contributed by atoms with Crippen LogP contribution >= 0.6 is 0 Å². The first-order valence-electron chi connectivity index (χ1n) is 5.13. The zero-order chi connectivity index (χ0) is 10.7. The van der Waals surface area contributed by atoms with Gasteiger partial charge in [-0.25, -0.2) is 4.98 Å². The van der Waals surface area contributed by atoms with Gasteiger partial charge in [0.05, 0.1) is 6.10 Å². The molecule has 1 aromatic heterocycles. The van der Waals surface area contributed by atoms with Gasteiger partial charge in [0, 0.05) is 12.7 Å². The van der Waals surface area contributed by atoms with Gasteiger partial charge in [-0.15, -0.1) is 0 Å². The van der Waals surface area contributed by atoms with E-state index in [0.29, 0.717) is 0 Å². The monoisotopic (exact) mass is 206 g/mol. The summed E-state index contributed by atoms with van der Waals surface area (Å²) in [7, 11) is 0. The Morgan fingerprint density at radius 2 is 2.53 bits per heavy atom. The van der Waals surface area contributed by atoms with E-state index in [1.165, 1.54) is 0 Å². The lowest BCUT2D eigenvalue weighted by atomic mass is 10.3. The summed E-state index contributed by atoms with van der Waals surface area (Å²) in [6, 6.07) is 5.65. The molecule has 0 bridgehead atoms. The van der Waals surface area contributed by atoms with Crippen LogP contribution in [0.2, 0.25) is 0 Å². The highest BCUT2D eigenvalue weighted by atomic mass is 16.5. The number of carbonyl (C=O) groups excluding carboxylic acids is 1. The van der Waals surface area contributed by atoms with Crippen molar-refractivity contribution in [2.75, 3.05) is 11.4 Å². The zero-order valence-corrected chi connectivity index (χ0v) is 8.67. The molecule has 0 amide bonds. The molecule has 0 aliphatic carbocycles. The number of hydrogen-bond donors (Lipinski definition) is 0. The molecule has 15 heavy (non-hydrogen) atoms. The minimum absolute atomic E-state index is 0.127. The Bertz CT molecular complexity index is 329. The lowest BCUT2D eigenvalue weighted by molar-refractivity contribution is -0.117. The molecule has 2 unspecified atom stereocenters. The standard InChI is InChI=1S/C11H14N2O2/c1-2-9-7-13(11(8-14)15-9)10-5-3-4-6-12-10/h3-6,8-9,11H,2,7H2,1H3. The van der Waals surface area contributed by atoms with Crippen LogP contribution in [-0.4, -0.2) is 30.1 Å². The molecule has 0 spiro atoms. The van der Waals surface area contributed by atoms with Crippen molar-refractivity contribution in [3.63, 3.8) is 0 Å². The Labute approximate surface area is 88.9 Å². The zero-order valence-electron chi connectivity index (χ0n) is 8.67. The van der Waals surface area contributed by atoms with Crippen molar-refractivity contribution in [2.45, 2.75) is 25.7 Å². The molecule has 1 aliphatic rings. The van der Waals surface area contributed by atoms with Gasteiger partial charge in [-0.2, -0.15) is 0 Å². The molecule has 0 radical (unpaired) electrons. The van der Waals surface area contributed by atoms with Crippen molar-refractivity contribution in [3.05, 3.63) is 24.4 Å². The van der Waals surface area contributed by atoms with E-state index < -0.39 is 6.23 Å². The first-order valence-corrected chi connectivity index (χ1v) is 5.13. The topological polar surface area (TPSA) is 42.4 Å². The molecule has 2 heterocycles. The van der Waals surface area contributed by atoms with E-state index in [4.69, 9.17) is 4.74 Å². The SMILES string of the molecule is CCC1CN(c2ccccn2)C(C=O)O1. The molecule has 80 valence electrons. The normalized spacial score (nSPS) is 25.5. The van der Waals surface area contributed by atoms with Gasteiger partial charge in [0.25, 0.3) is 0 Å². The molecule has 1 aromatic rings. The number of ether oxygens (including phenoxy) is 1. The number of carbonyl (C=O) groups is 1. The number of pyridine rings is 1. The van der Waals surface area contributed by atoms with E-state index in [1.54, 1.807) is 6.20 Å². The second kappa shape index (κ2) is 4.40. The maximum absolute atomic E-state index is 10.9. The van der Waals surface area contributed by atoms with E-state index in [-0.39, 0.29) is 6.10 Å².